The zero-order valence-corrected chi connectivity index (χ0v) is 16.4. The lowest BCUT2D eigenvalue weighted by atomic mass is 9.83. The average Bonchev–Trinajstić information content (AvgIpc) is 2.67. The fourth-order valence-electron chi connectivity index (χ4n) is 3.54. The summed E-state index contributed by atoms with van der Waals surface area (Å²) in [5.74, 6) is 0.305. The summed E-state index contributed by atoms with van der Waals surface area (Å²) in [4.78, 5) is 12.5. The molecule has 7 heteroatoms. The van der Waals surface area contributed by atoms with Crippen molar-refractivity contribution in [3.8, 4) is 0 Å². The molecule has 0 fully saturated rings. The minimum Gasteiger partial charge on any atom is -0.337 e. The number of sulfonamides is 1. The van der Waals surface area contributed by atoms with Crippen LogP contribution < -0.4 is 15.4 Å². The van der Waals surface area contributed by atoms with Crippen LogP contribution in [0.15, 0.2) is 47.4 Å². The lowest BCUT2D eigenvalue weighted by Crippen LogP contribution is -2.33. The first-order chi connectivity index (χ1) is 12.9. The lowest BCUT2D eigenvalue weighted by Gasteiger charge is -2.25. The van der Waals surface area contributed by atoms with Crippen molar-refractivity contribution in [1.82, 2.24) is 10.0 Å². The second-order valence-corrected chi connectivity index (χ2v) is 8.67. The zero-order chi connectivity index (χ0) is 19.4. The Morgan fingerprint density at radius 2 is 1.96 bits per heavy atom. The minimum absolute atomic E-state index is 0.156. The molecule has 1 aliphatic carbocycles. The first-order valence-electron chi connectivity index (χ1n) is 9.07. The van der Waals surface area contributed by atoms with Crippen LogP contribution >= 0.6 is 0 Å². The standard InChI is InChI=1S/C20H25N3O3S/c1-14-10-11-17(12-19(14)27(25,26)21-2)23-20(24)22-13-16-8-5-7-15-6-3-4-9-18(15)16/h3-4,6,9-12,16,21H,5,7-8,13H2,1-2H3,(H2,22,23,24)/t16-/m0/s1. The Kier molecular flexibility index (Phi) is 5.82. The van der Waals surface area contributed by atoms with E-state index < -0.39 is 10.0 Å². The molecule has 144 valence electrons. The number of aryl methyl sites for hydroxylation is 2. The maximum atomic E-state index is 12.3. The van der Waals surface area contributed by atoms with Gasteiger partial charge >= 0.3 is 6.03 Å². The Bertz CT molecular complexity index is 941. The number of hydrogen-bond acceptors (Lipinski definition) is 3. The molecule has 0 unspecified atom stereocenters. The largest absolute Gasteiger partial charge is 0.337 e. The van der Waals surface area contributed by atoms with Crippen molar-refractivity contribution in [1.29, 1.82) is 0 Å². The fourth-order valence-corrected chi connectivity index (χ4v) is 4.53. The Balaban J connectivity index is 1.65. The van der Waals surface area contributed by atoms with Gasteiger partial charge in [0.1, 0.15) is 0 Å². The molecule has 0 spiro atoms. The summed E-state index contributed by atoms with van der Waals surface area (Å²) < 4.78 is 26.4. The van der Waals surface area contributed by atoms with Crippen molar-refractivity contribution in [2.24, 2.45) is 0 Å². The van der Waals surface area contributed by atoms with Gasteiger partial charge in [-0.3, -0.25) is 0 Å². The van der Waals surface area contributed by atoms with E-state index in [0.717, 1.165) is 19.3 Å². The van der Waals surface area contributed by atoms with Gasteiger partial charge in [-0.05, 0) is 62.1 Å². The summed E-state index contributed by atoms with van der Waals surface area (Å²) in [5.41, 5.74) is 3.73. The topological polar surface area (TPSA) is 87.3 Å². The van der Waals surface area contributed by atoms with E-state index >= 15 is 0 Å². The van der Waals surface area contributed by atoms with Gasteiger partial charge in [0.15, 0.2) is 0 Å². The monoisotopic (exact) mass is 387 g/mol. The van der Waals surface area contributed by atoms with E-state index in [1.165, 1.54) is 24.2 Å². The van der Waals surface area contributed by atoms with E-state index in [-0.39, 0.29) is 10.9 Å². The fraction of sp³-hybridized carbons (Fsp3) is 0.350. The number of carbonyl (C=O) groups is 1. The number of amides is 2. The Hall–Kier alpha value is -2.38. The first-order valence-corrected chi connectivity index (χ1v) is 10.6. The molecule has 27 heavy (non-hydrogen) atoms. The van der Waals surface area contributed by atoms with E-state index in [1.807, 2.05) is 6.07 Å². The van der Waals surface area contributed by atoms with Gasteiger partial charge in [-0.1, -0.05) is 30.3 Å². The van der Waals surface area contributed by atoms with Crippen molar-refractivity contribution < 1.29 is 13.2 Å². The molecular formula is C20H25N3O3S. The normalized spacial score (nSPS) is 16.4. The summed E-state index contributed by atoms with van der Waals surface area (Å²) in [7, 11) is -2.21. The molecule has 0 saturated heterocycles. The number of urea groups is 1. The zero-order valence-electron chi connectivity index (χ0n) is 15.6. The van der Waals surface area contributed by atoms with Crippen LogP contribution in [-0.4, -0.2) is 28.0 Å². The molecule has 3 rings (SSSR count). The number of hydrogen-bond donors (Lipinski definition) is 3. The molecule has 0 aliphatic heterocycles. The smallest absolute Gasteiger partial charge is 0.319 e. The van der Waals surface area contributed by atoms with Gasteiger partial charge in [-0.25, -0.2) is 17.9 Å². The molecule has 6 nitrogen and oxygen atoms in total. The third kappa shape index (κ3) is 4.48. The van der Waals surface area contributed by atoms with Crippen LogP contribution in [0.5, 0.6) is 0 Å². The van der Waals surface area contributed by atoms with E-state index in [4.69, 9.17) is 0 Å². The molecule has 0 saturated carbocycles. The number of benzene rings is 2. The lowest BCUT2D eigenvalue weighted by molar-refractivity contribution is 0.251. The van der Waals surface area contributed by atoms with E-state index in [9.17, 15) is 13.2 Å². The number of fused-ring (bicyclic) bond motifs is 1. The van der Waals surface area contributed by atoms with Gasteiger partial charge in [0.05, 0.1) is 4.90 Å². The van der Waals surface area contributed by atoms with E-state index in [1.54, 1.807) is 19.1 Å². The molecular weight excluding hydrogens is 362 g/mol. The molecule has 0 aromatic heterocycles. The van der Waals surface area contributed by atoms with Gasteiger partial charge in [0.2, 0.25) is 10.0 Å². The summed E-state index contributed by atoms with van der Waals surface area (Å²) in [6, 6.07) is 12.9. The van der Waals surface area contributed by atoms with Crippen LogP contribution in [0.4, 0.5) is 10.5 Å². The van der Waals surface area contributed by atoms with Gasteiger partial charge in [-0.2, -0.15) is 0 Å². The van der Waals surface area contributed by atoms with Gasteiger partial charge in [-0.15, -0.1) is 0 Å². The Morgan fingerprint density at radius 3 is 2.74 bits per heavy atom. The average molecular weight is 388 g/mol. The van der Waals surface area contributed by atoms with Crippen molar-refractivity contribution in [2.75, 3.05) is 18.9 Å². The van der Waals surface area contributed by atoms with Crippen molar-refractivity contribution in [2.45, 2.75) is 37.0 Å². The summed E-state index contributed by atoms with van der Waals surface area (Å²) >= 11 is 0. The first kappa shape index (κ1) is 19.4. The van der Waals surface area contributed by atoms with Crippen LogP contribution in [0.1, 0.15) is 35.4 Å². The van der Waals surface area contributed by atoms with Gasteiger partial charge < -0.3 is 10.6 Å². The maximum absolute atomic E-state index is 12.3. The molecule has 0 heterocycles. The highest BCUT2D eigenvalue weighted by molar-refractivity contribution is 7.89. The molecule has 2 amide bonds. The maximum Gasteiger partial charge on any atom is 0.319 e. The number of carbonyl (C=O) groups excluding carboxylic acids is 1. The molecule has 2 aromatic rings. The molecule has 1 atom stereocenters. The third-order valence-electron chi connectivity index (χ3n) is 5.01. The SMILES string of the molecule is CNS(=O)(=O)c1cc(NC(=O)NC[C@@H]2CCCc3ccccc32)ccc1C. The number of anilines is 1. The van der Waals surface area contributed by atoms with Crippen molar-refractivity contribution in [3.63, 3.8) is 0 Å². The molecule has 2 aromatic carbocycles. The Labute approximate surface area is 160 Å². The van der Waals surface area contributed by atoms with Gasteiger partial charge in [0.25, 0.3) is 0 Å². The van der Waals surface area contributed by atoms with Crippen molar-refractivity contribution >= 4 is 21.7 Å². The van der Waals surface area contributed by atoms with Crippen LogP contribution in [0, 0.1) is 6.92 Å². The molecule has 3 N–H and O–H groups in total. The second-order valence-electron chi connectivity index (χ2n) is 6.81. The summed E-state index contributed by atoms with van der Waals surface area (Å²) in [6.07, 6.45) is 3.26. The van der Waals surface area contributed by atoms with Crippen molar-refractivity contribution in [3.05, 3.63) is 59.2 Å². The highest BCUT2D eigenvalue weighted by Gasteiger charge is 2.20. The van der Waals surface area contributed by atoms with Crippen LogP contribution in [0.25, 0.3) is 0 Å². The molecule has 0 radical (unpaired) electrons. The summed E-state index contributed by atoms with van der Waals surface area (Å²) in [5, 5.41) is 5.64. The van der Waals surface area contributed by atoms with E-state index in [0.29, 0.717) is 23.7 Å². The van der Waals surface area contributed by atoms with Gasteiger partial charge in [0, 0.05) is 18.2 Å². The Morgan fingerprint density at radius 1 is 1.19 bits per heavy atom. The third-order valence-corrected chi connectivity index (χ3v) is 6.56. The highest BCUT2D eigenvalue weighted by atomic mass is 32.2. The molecule has 1 aliphatic rings. The molecule has 0 bridgehead atoms. The highest BCUT2D eigenvalue weighted by Crippen LogP contribution is 2.30. The van der Waals surface area contributed by atoms with Crippen LogP contribution in [0.3, 0.4) is 0 Å². The quantitative estimate of drug-likeness (QED) is 0.736. The van der Waals surface area contributed by atoms with E-state index in [2.05, 4.69) is 33.6 Å². The second kappa shape index (κ2) is 8.10. The predicted octanol–water partition coefficient (Wildman–Crippen LogP) is 3.14. The van der Waals surface area contributed by atoms with Crippen LogP contribution in [-0.2, 0) is 16.4 Å². The number of rotatable bonds is 5. The predicted molar refractivity (Wildman–Crippen MR) is 107 cm³/mol. The van der Waals surface area contributed by atoms with Crippen LogP contribution in [0.2, 0.25) is 0 Å². The minimum atomic E-state index is -3.57. The number of nitrogens with one attached hydrogen (secondary N) is 3. The summed E-state index contributed by atoms with van der Waals surface area (Å²) in [6.45, 7) is 2.27.